The monoisotopic (exact) mass is 390 g/mol. The number of rotatable bonds is 7. The standard InChI is InChI=1S/C14H22N4O5S2/c1-18(2)25(22,23)17-12-6-5-11(9-12)16-24(20,21)13-7-3-10(4-8-13)14(15)19/h3-4,7-8,11-12,16-17H,5-6,9H2,1-2H3,(H2,15,19)/t11-,12+/m0/s1. The molecule has 2 rings (SSSR count). The van der Waals surface area contributed by atoms with Gasteiger partial charge in [0.1, 0.15) is 0 Å². The van der Waals surface area contributed by atoms with Gasteiger partial charge in [-0.05, 0) is 43.5 Å². The van der Waals surface area contributed by atoms with Crippen molar-refractivity contribution in [2.45, 2.75) is 36.2 Å². The van der Waals surface area contributed by atoms with Crippen LogP contribution in [0.1, 0.15) is 29.6 Å². The first-order valence-electron chi connectivity index (χ1n) is 7.63. The first-order valence-corrected chi connectivity index (χ1v) is 10.6. The third-order valence-electron chi connectivity index (χ3n) is 4.00. The number of nitrogens with one attached hydrogen (secondary N) is 2. The average Bonchev–Trinajstić information content (AvgIpc) is 2.92. The third-order valence-corrected chi connectivity index (χ3v) is 7.13. The van der Waals surface area contributed by atoms with Crippen LogP contribution in [-0.2, 0) is 20.2 Å². The molecule has 2 atom stereocenters. The summed E-state index contributed by atoms with van der Waals surface area (Å²) in [4.78, 5) is 11.1. The van der Waals surface area contributed by atoms with Crippen LogP contribution in [-0.4, -0.2) is 53.2 Å². The second-order valence-electron chi connectivity index (χ2n) is 6.12. The highest BCUT2D eigenvalue weighted by molar-refractivity contribution is 7.89. The Morgan fingerprint density at radius 1 is 1.04 bits per heavy atom. The summed E-state index contributed by atoms with van der Waals surface area (Å²) in [7, 11) is -4.46. The van der Waals surface area contributed by atoms with Gasteiger partial charge in [0.25, 0.3) is 10.2 Å². The fourth-order valence-electron chi connectivity index (χ4n) is 2.60. The van der Waals surface area contributed by atoms with Crippen molar-refractivity contribution < 1.29 is 21.6 Å². The Balaban J connectivity index is 2.01. The number of benzene rings is 1. The van der Waals surface area contributed by atoms with Gasteiger partial charge in [-0.15, -0.1) is 0 Å². The molecule has 0 aliphatic heterocycles. The summed E-state index contributed by atoms with van der Waals surface area (Å²) in [6.07, 6.45) is 1.44. The van der Waals surface area contributed by atoms with Crippen molar-refractivity contribution in [2.24, 2.45) is 5.73 Å². The van der Waals surface area contributed by atoms with Gasteiger partial charge >= 0.3 is 0 Å². The Kier molecular flexibility index (Phi) is 5.84. The van der Waals surface area contributed by atoms with E-state index in [1.165, 1.54) is 38.4 Å². The molecule has 1 aliphatic rings. The van der Waals surface area contributed by atoms with Crippen molar-refractivity contribution in [1.29, 1.82) is 0 Å². The molecule has 1 fully saturated rings. The topological polar surface area (TPSA) is 139 Å². The fraction of sp³-hybridized carbons (Fsp3) is 0.500. The normalized spacial score (nSPS) is 21.6. The van der Waals surface area contributed by atoms with Crippen LogP contribution in [0.25, 0.3) is 0 Å². The van der Waals surface area contributed by atoms with E-state index in [2.05, 4.69) is 9.44 Å². The molecule has 0 saturated heterocycles. The highest BCUT2D eigenvalue weighted by Crippen LogP contribution is 2.22. The second-order valence-corrected chi connectivity index (χ2v) is 9.75. The number of nitrogens with zero attached hydrogens (tertiary/aromatic N) is 1. The Labute approximate surface area is 147 Å². The van der Waals surface area contributed by atoms with Gasteiger partial charge in [-0.25, -0.2) is 13.1 Å². The van der Waals surface area contributed by atoms with Crippen molar-refractivity contribution in [1.82, 2.24) is 13.7 Å². The summed E-state index contributed by atoms with van der Waals surface area (Å²) in [5, 5.41) is 0. The number of sulfonamides is 1. The van der Waals surface area contributed by atoms with Crippen LogP contribution in [0.4, 0.5) is 0 Å². The van der Waals surface area contributed by atoms with E-state index >= 15 is 0 Å². The molecule has 9 nitrogen and oxygen atoms in total. The highest BCUT2D eigenvalue weighted by atomic mass is 32.2. The molecule has 0 spiro atoms. The SMILES string of the molecule is CN(C)S(=O)(=O)N[C@@H]1CC[C@H](NS(=O)(=O)c2ccc(C(N)=O)cc2)C1. The molecule has 1 aromatic rings. The molecule has 1 saturated carbocycles. The van der Waals surface area contributed by atoms with Gasteiger partial charge < -0.3 is 5.73 Å². The predicted octanol–water partition coefficient (Wildman–Crippen LogP) is -0.619. The van der Waals surface area contributed by atoms with Crippen LogP contribution in [0, 0.1) is 0 Å². The van der Waals surface area contributed by atoms with Gasteiger partial charge in [0, 0.05) is 31.7 Å². The van der Waals surface area contributed by atoms with E-state index in [-0.39, 0.29) is 22.5 Å². The van der Waals surface area contributed by atoms with Crippen LogP contribution in [0.15, 0.2) is 29.2 Å². The number of carbonyl (C=O) groups excluding carboxylic acids is 1. The molecular formula is C14H22N4O5S2. The summed E-state index contributed by atoms with van der Waals surface area (Å²) in [6, 6.07) is 4.62. The lowest BCUT2D eigenvalue weighted by Gasteiger charge is -2.18. The summed E-state index contributed by atoms with van der Waals surface area (Å²) in [5.74, 6) is -0.635. The molecule has 1 amide bonds. The lowest BCUT2D eigenvalue weighted by atomic mass is 10.2. The van der Waals surface area contributed by atoms with Crippen molar-refractivity contribution in [2.75, 3.05) is 14.1 Å². The minimum Gasteiger partial charge on any atom is -0.366 e. The smallest absolute Gasteiger partial charge is 0.279 e. The van der Waals surface area contributed by atoms with E-state index in [4.69, 9.17) is 5.73 Å². The van der Waals surface area contributed by atoms with Crippen LogP contribution in [0.3, 0.4) is 0 Å². The van der Waals surface area contributed by atoms with Crippen molar-refractivity contribution >= 4 is 26.1 Å². The molecule has 0 radical (unpaired) electrons. The summed E-state index contributed by atoms with van der Waals surface area (Å²) >= 11 is 0. The van der Waals surface area contributed by atoms with E-state index in [1.54, 1.807) is 0 Å². The number of nitrogens with two attached hydrogens (primary N) is 1. The minimum atomic E-state index is -3.76. The van der Waals surface area contributed by atoms with Crippen molar-refractivity contribution in [3.05, 3.63) is 29.8 Å². The maximum Gasteiger partial charge on any atom is 0.279 e. The molecule has 11 heteroatoms. The van der Waals surface area contributed by atoms with Crippen LogP contribution < -0.4 is 15.2 Å². The molecule has 140 valence electrons. The van der Waals surface area contributed by atoms with Crippen molar-refractivity contribution in [3.63, 3.8) is 0 Å². The summed E-state index contributed by atoms with van der Waals surface area (Å²) < 4.78 is 54.6. The minimum absolute atomic E-state index is 0.0230. The molecule has 0 aromatic heterocycles. The fourth-order valence-corrected chi connectivity index (χ4v) is 4.73. The number of amides is 1. The first-order chi connectivity index (χ1) is 11.5. The van der Waals surface area contributed by atoms with Gasteiger partial charge in [-0.3, -0.25) is 4.79 Å². The number of primary amides is 1. The van der Waals surface area contributed by atoms with Gasteiger partial charge in [0.2, 0.25) is 15.9 Å². The Morgan fingerprint density at radius 3 is 2.04 bits per heavy atom. The second kappa shape index (κ2) is 7.38. The number of carbonyl (C=O) groups is 1. The van der Waals surface area contributed by atoms with Crippen LogP contribution in [0.5, 0.6) is 0 Å². The maximum atomic E-state index is 12.4. The molecule has 0 unspecified atom stereocenters. The number of hydrogen-bond acceptors (Lipinski definition) is 5. The van der Waals surface area contributed by atoms with Crippen molar-refractivity contribution in [3.8, 4) is 0 Å². The number of hydrogen-bond donors (Lipinski definition) is 3. The molecule has 25 heavy (non-hydrogen) atoms. The molecule has 0 bridgehead atoms. The average molecular weight is 390 g/mol. The largest absolute Gasteiger partial charge is 0.366 e. The van der Waals surface area contributed by atoms with E-state index < -0.39 is 26.1 Å². The summed E-state index contributed by atoms with van der Waals surface area (Å²) in [5.41, 5.74) is 5.35. The quantitative estimate of drug-likeness (QED) is 0.569. The Hall–Kier alpha value is -1.53. The highest BCUT2D eigenvalue weighted by Gasteiger charge is 2.31. The van der Waals surface area contributed by atoms with Crippen LogP contribution in [0.2, 0.25) is 0 Å². The van der Waals surface area contributed by atoms with E-state index in [0.29, 0.717) is 19.3 Å². The van der Waals surface area contributed by atoms with Gasteiger partial charge in [-0.1, -0.05) is 0 Å². The van der Waals surface area contributed by atoms with Gasteiger partial charge in [0.05, 0.1) is 4.90 Å². The zero-order valence-corrected chi connectivity index (χ0v) is 15.6. The third kappa shape index (κ3) is 4.98. The van der Waals surface area contributed by atoms with Gasteiger partial charge in [-0.2, -0.15) is 17.4 Å². The molecule has 1 aliphatic carbocycles. The lowest BCUT2D eigenvalue weighted by Crippen LogP contribution is -2.42. The first kappa shape index (κ1) is 19.8. The summed E-state index contributed by atoms with van der Waals surface area (Å²) in [6.45, 7) is 0. The maximum absolute atomic E-state index is 12.4. The predicted molar refractivity (Wildman–Crippen MR) is 92.5 cm³/mol. The molecule has 4 N–H and O–H groups in total. The zero-order valence-electron chi connectivity index (χ0n) is 14.0. The lowest BCUT2D eigenvalue weighted by molar-refractivity contribution is 0.1000. The van der Waals surface area contributed by atoms with E-state index in [9.17, 15) is 21.6 Å². The Bertz CT molecular complexity index is 834. The van der Waals surface area contributed by atoms with E-state index in [0.717, 1.165) is 4.31 Å². The van der Waals surface area contributed by atoms with Gasteiger partial charge in [0.15, 0.2) is 0 Å². The van der Waals surface area contributed by atoms with Crippen LogP contribution >= 0.6 is 0 Å². The Morgan fingerprint density at radius 2 is 1.56 bits per heavy atom. The molecule has 0 heterocycles. The zero-order chi connectivity index (χ0) is 18.8. The molecular weight excluding hydrogens is 368 g/mol. The molecule has 1 aromatic carbocycles. The van der Waals surface area contributed by atoms with E-state index in [1.807, 2.05) is 0 Å².